The summed E-state index contributed by atoms with van der Waals surface area (Å²) in [6.07, 6.45) is -1.17. The van der Waals surface area contributed by atoms with Crippen LogP contribution in [0, 0.1) is 0 Å². The molecule has 4 heteroatoms. The van der Waals surface area contributed by atoms with Crippen LogP contribution in [-0.4, -0.2) is 44.0 Å². The van der Waals surface area contributed by atoms with Crippen LogP contribution in [0.3, 0.4) is 0 Å². The van der Waals surface area contributed by atoms with Gasteiger partial charge in [-0.05, 0) is 40.0 Å². The van der Waals surface area contributed by atoms with Gasteiger partial charge in [0.05, 0.1) is 5.54 Å². The molecule has 0 spiro atoms. The van der Waals surface area contributed by atoms with Gasteiger partial charge in [0.1, 0.15) is 0 Å². The van der Waals surface area contributed by atoms with Gasteiger partial charge in [-0.2, -0.15) is 0 Å². The molecule has 12 heavy (non-hydrogen) atoms. The minimum atomic E-state index is -2.25. The van der Waals surface area contributed by atoms with Gasteiger partial charge in [0.2, 0.25) is 0 Å². The van der Waals surface area contributed by atoms with Crippen LogP contribution in [0.2, 0.25) is 0 Å². The van der Waals surface area contributed by atoms with Crippen molar-refractivity contribution in [1.29, 1.82) is 0 Å². The lowest BCUT2D eigenvalue weighted by Gasteiger charge is -2.39. The van der Waals surface area contributed by atoms with Crippen LogP contribution in [0.1, 0.15) is 12.8 Å². The maximum absolute atomic E-state index is 12.6. The quantitative estimate of drug-likeness (QED) is 0.677. The van der Waals surface area contributed by atoms with E-state index in [0.29, 0.717) is 12.8 Å². The summed E-state index contributed by atoms with van der Waals surface area (Å²) in [6, 6.07) is 0. The summed E-state index contributed by atoms with van der Waals surface area (Å²) < 4.78 is 25.2. The topological polar surface area (TPSA) is 15.3 Å². The summed E-state index contributed by atoms with van der Waals surface area (Å²) in [5.41, 5.74) is -0.924. The molecule has 1 aliphatic rings. The molecule has 2 nitrogen and oxygen atoms in total. The number of hydrogen-bond donors (Lipinski definition) is 1. The first-order chi connectivity index (χ1) is 5.60. The predicted octanol–water partition coefficient (Wildman–Crippen LogP) is 0.935. The monoisotopic (exact) mass is 178 g/mol. The average molecular weight is 178 g/mol. The SMILES string of the molecule is CNC1(C(F)F)CCN(C)CC1. The van der Waals surface area contributed by atoms with Crippen LogP contribution < -0.4 is 5.32 Å². The van der Waals surface area contributed by atoms with Crippen molar-refractivity contribution in [2.24, 2.45) is 0 Å². The Balaban J connectivity index is 2.57. The first-order valence-corrected chi connectivity index (χ1v) is 4.26. The van der Waals surface area contributed by atoms with Crippen LogP contribution in [0.4, 0.5) is 8.78 Å². The van der Waals surface area contributed by atoms with Crippen molar-refractivity contribution < 1.29 is 8.78 Å². The highest BCUT2D eigenvalue weighted by molar-refractivity contribution is 4.93. The van der Waals surface area contributed by atoms with Gasteiger partial charge in [0, 0.05) is 0 Å². The molecule has 0 aromatic carbocycles. The number of hydrogen-bond acceptors (Lipinski definition) is 2. The Hall–Kier alpha value is -0.220. The second-order valence-corrected chi connectivity index (χ2v) is 3.51. The Morgan fingerprint density at radius 2 is 1.83 bits per heavy atom. The highest BCUT2D eigenvalue weighted by Crippen LogP contribution is 2.27. The molecular formula is C8H16F2N2. The molecule has 0 amide bonds. The highest BCUT2D eigenvalue weighted by Gasteiger charge is 2.40. The molecule has 0 saturated carbocycles. The molecule has 1 saturated heterocycles. The molecule has 72 valence electrons. The van der Waals surface area contributed by atoms with E-state index < -0.39 is 12.0 Å². The fourth-order valence-electron chi connectivity index (χ4n) is 1.59. The molecule has 0 unspecified atom stereocenters. The molecule has 0 aromatic heterocycles. The molecule has 1 fully saturated rings. The van der Waals surface area contributed by atoms with Crippen LogP contribution in [0.15, 0.2) is 0 Å². The molecule has 0 aromatic rings. The molecule has 0 radical (unpaired) electrons. The Labute approximate surface area is 71.9 Å². The molecule has 0 aliphatic carbocycles. The third-order valence-corrected chi connectivity index (χ3v) is 2.79. The van der Waals surface area contributed by atoms with E-state index in [0.717, 1.165) is 13.1 Å². The molecule has 1 rings (SSSR count). The fourth-order valence-corrected chi connectivity index (χ4v) is 1.59. The Kier molecular flexibility index (Phi) is 3.01. The van der Waals surface area contributed by atoms with E-state index in [9.17, 15) is 8.78 Å². The molecular weight excluding hydrogens is 162 g/mol. The van der Waals surface area contributed by atoms with Gasteiger partial charge in [-0.3, -0.25) is 0 Å². The van der Waals surface area contributed by atoms with Gasteiger partial charge in [0.25, 0.3) is 6.43 Å². The minimum absolute atomic E-state index is 0.539. The number of halogens is 2. The number of nitrogens with one attached hydrogen (secondary N) is 1. The van der Waals surface area contributed by atoms with Crippen molar-refractivity contribution in [2.75, 3.05) is 27.2 Å². The smallest absolute Gasteiger partial charge is 0.256 e. The van der Waals surface area contributed by atoms with Crippen molar-refractivity contribution in [1.82, 2.24) is 10.2 Å². The van der Waals surface area contributed by atoms with E-state index in [-0.39, 0.29) is 0 Å². The van der Waals surface area contributed by atoms with Gasteiger partial charge >= 0.3 is 0 Å². The summed E-state index contributed by atoms with van der Waals surface area (Å²) in [5, 5.41) is 2.76. The van der Waals surface area contributed by atoms with E-state index in [4.69, 9.17) is 0 Å². The van der Waals surface area contributed by atoms with Crippen molar-refractivity contribution in [3.63, 3.8) is 0 Å². The maximum Gasteiger partial charge on any atom is 0.256 e. The lowest BCUT2D eigenvalue weighted by molar-refractivity contribution is -0.00239. The normalized spacial score (nSPS) is 24.8. The zero-order valence-corrected chi connectivity index (χ0v) is 7.61. The number of rotatable bonds is 2. The predicted molar refractivity (Wildman–Crippen MR) is 44.5 cm³/mol. The fraction of sp³-hybridized carbons (Fsp3) is 1.00. The largest absolute Gasteiger partial charge is 0.309 e. The first kappa shape index (κ1) is 9.86. The van der Waals surface area contributed by atoms with E-state index in [2.05, 4.69) is 10.2 Å². The van der Waals surface area contributed by atoms with Crippen LogP contribution in [-0.2, 0) is 0 Å². The zero-order chi connectivity index (χ0) is 9.19. The zero-order valence-electron chi connectivity index (χ0n) is 7.61. The number of alkyl halides is 2. The Morgan fingerprint density at radius 3 is 2.17 bits per heavy atom. The van der Waals surface area contributed by atoms with Gasteiger partial charge in [0.15, 0.2) is 0 Å². The third kappa shape index (κ3) is 1.75. The van der Waals surface area contributed by atoms with Crippen molar-refractivity contribution >= 4 is 0 Å². The highest BCUT2D eigenvalue weighted by atomic mass is 19.3. The van der Waals surface area contributed by atoms with Gasteiger partial charge in [-0.15, -0.1) is 0 Å². The van der Waals surface area contributed by atoms with Gasteiger partial charge in [-0.25, -0.2) is 8.78 Å². The van der Waals surface area contributed by atoms with Gasteiger partial charge in [-0.1, -0.05) is 0 Å². The molecule has 0 atom stereocenters. The summed E-state index contributed by atoms with van der Waals surface area (Å²) >= 11 is 0. The molecule has 1 aliphatic heterocycles. The van der Waals surface area contributed by atoms with Crippen LogP contribution >= 0.6 is 0 Å². The summed E-state index contributed by atoms with van der Waals surface area (Å²) in [5.74, 6) is 0. The average Bonchev–Trinajstić information content (AvgIpc) is 2.06. The summed E-state index contributed by atoms with van der Waals surface area (Å²) in [6.45, 7) is 1.51. The van der Waals surface area contributed by atoms with Crippen LogP contribution in [0.25, 0.3) is 0 Å². The minimum Gasteiger partial charge on any atom is -0.309 e. The second-order valence-electron chi connectivity index (χ2n) is 3.51. The van der Waals surface area contributed by atoms with Crippen molar-refractivity contribution in [3.05, 3.63) is 0 Å². The van der Waals surface area contributed by atoms with E-state index >= 15 is 0 Å². The van der Waals surface area contributed by atoms with Crippen molar-refractivity contribution in [2.45, 2.75) is 24.8 Å². The third-order valence-electron chi connectivity index (χ3n) is 2.79. The van der Waals surface area contributed by atoms with Crippen LogP contribution in [0.5, 0.6) is 0 Å². The van der Waals surface area contributed by atoms with Crippen molar-refractivity contribution in [3.8, 4) is 0 Å². The van der Waals surface area contributed by atoms with E-state index in [1.165, 1.54) is 0 Å². The second kappa shape index (κ2) is 3.66. The standard InChI is InChI=1S/C8H16F2N2/c1-11-8(7(9)10)3-5-12(2)6-4-8/h7,11H,3-6H2,1-2H3. The van der Waals surface area contributed by atoms with E-state index in [1.807, 2.05) is 7.05 Å². The first-order valence-electron chi connectivity index (χ1n) is 4.26. The summed E-state index contributed by atoms with van der Waals surface area (Å²) in [4.78, 5) is 2.08. The van der Waals surface area contributed by atoms with E-state index in [1.54, 1.807) is 7.05 Å². The molecule has 0 bridgehead atoms. The molecule has 1 N–H and O–H groups in total. The number of piperidine rings is 1. The Bertz CT molecular complexity index is 142. The number of nitrogens with zero attached hydrogens (tertiary/aromatic N) is 1. The molecule has 1 heterocycles. The lowest BCUT2D eigenvalue weighted by Crippen LogP contribution is -2.56. The number of likely N-dealkylation sites (tertiary alicyclic amines) is 1. The Morgan fingerprint density at radius 1 is 1.33 bits per heavy atom. The van der Waals surface area contributed by atoms with Gasteiger partial charge < -0.3 is 10.2 Å². The lowest BCUT2D eigenvalue weighted by atomic mass is 9.88. The summed E-state index contributed by atoms with van der Waals surface area (Å²) in [7, 11) is 3.59. The maximum atomic E-state index is 12.6.